The van der Waals surface area contributed by atoms with E-state index in [4.69, 9.17) is 9.72 Å². The van der Waals surface area contributed by atoms with Crippen LogP contribution in [-0.2, 0) is 4.74 Å². The maximum atomic E-state index is 13.0. The Kier molecular flexibility index (Phi) is 4.06. The van der Waals surface area contributed by atoms with Gasteiger partial charge in [0.05, 0.1) is 15.6 Å². The standard InChI is InChI=1S/C22H20N4O4S/c27-17-13-11-23-21(25-8-5-22(12-25)6-9-30-10-7-22)24-18(13)26-14-3-1-2-4-15(14)31-19(26)16(17)20(28)29/h1-4,11H,5-10,12H2,(H,28,29). The Balaban J connectivity index is 1.58. The summed E-state index contributed by atoms with van der Waals surface area (Å²) in [6.07, 6.45) is 4.64. The van der Waals surface area contributed by atoms with E-state index in [1.165, 1.54) is 17.5 Å². The maximum absolute atomic E-state index is 13.0. The van der Waals surface area contributed by atoms with Crippen molar-refractivity contribution in [2.75, 3.05) is 31.2 Å². The van der Waals surface area contributed by atoms with Crippen molar-refractivity contribution >= 4 is 49.3 Å². The highest BCUT2D eigenvalue weighted by atomic mass is 32.1. The lowest BCUT2D eigenvalue weighted by atomic mass is 9.80. The van der Waals surface area contributed by atoms with Gasteiger partial charge in [-0.3, -0.25) is 9.20 Å². The lowest BCUT2D eigenvalue weighted by Crippen LogP contribution is -2.33. The zero-order valence-electron chi connectivity index (χ0n) is 16.7. The number of nitrogens with zero attached hydrogens (tertiary/aromatic N) is 4. The molecule has 1 spiro atoms. The molecule has 5 heterocycles. The number of aromatic carboxylic acids is 1. The first kappa shape index (κ1) is 18.7. The highest BCUT2D eigenvalue weighted by Crippen LogP contribution is 2.41. The molecule has 0 amide bonds. The van der Waals surface area contributed by atoms with E-state index >= 15 is 0 Å². The Labute approximate surface area is 180 Å². The molecule has 0 aliphatic carbocycles. The number of rotatable bonds is 2. The first-order valence-electron chi connectivity index (χ1n) is 10.4. The first-order chi connectivity index (χ1) is 15.1. The molecule has 31 heavy (non-hydrogen) atoms. The number of hydrogen-bond donors (Lipinski definition) is 1. The van der Waals surface area contributed by atoms with Gasteiger partial charge >= 0.3 is 5.97 Å². The van der Waals surface area contributed by atoms with E-state index in [-0.39, 0.29) is 16.4 Å². The van der Waals surface area contributed by atoms with Gasteiger partial charge in [0.15, 0.2) is 5.65 Å². The van der Waals surface area contributed by atoms with Crippen molar-refractivity contribution < 1.29 is 14.6 Å². The summed E-state index contributed by atoms with van der Waals surface area (Å²) in [5.41, 5.74) is 0.767. The van der Waals surface area contributed by atoms with Crippen LogP contribution in [0.15, 0.2) is 35.3 Å². The SMILES string of the molecule is O=C(O)c1c(=O)c2cnc(N3CCC4(CCOCC4)C3)nc2n2c1sc1ccccc12. The number of benzene rings is 1. The molecule has 4 aromatic rings. The molecule has 2 aliphatic rings. The maximum Gasteiger partial charge on any atom is 0.342 e. The molecular weight excluding hydrogens is 416 g/mol. The van der Waals surface area contributed by atoms with Crippen molar-refractivity contribution in [3.05, 3.63) is 46.2 Å². The number of fused-ring (bicyclic) bond motifs is 5. The van der Waals surface area contributed by atoms with E-state index in [1.54, 1.807) is 4.40 Å². The van der Waals surface area contributed by atoms with E-state index in [1.807, 2.05) is 24.3 Å². The minimum absolute atomic E-state index is 0.224. The van der Waals surface area contributed by atoms with Gasteiger partial charge in [0.1, 0.15) is 10.4 Å². The molecule has 158 valence electrons. The third-order valence-electron chi connectivity index (χ3n) is 6.66. The van der Waals surface area contributed by atoms with Gasteiger partial charge in [0.2, 0.25) is 11.4 Å². The smallest absolute Gasteiger partial charge is 0.342 e. The second kappa shape index (κ2) is 6.73. The van der Waals surface area contributed by atoms with Crippen LogP contribution in [0, 0.1) is 5.41 Å². The minimum atomic E-state index is -1.24. The van der Waals surface area contributed by atoms with Gasteiger partial charge < -0.3 is 14.7 Å². The van der Waals surface area contributed by atoms with Crippen molar-refractivity contribution in [2.45, 2.75) is 19.3 Å². The van der Waals surface area contributed by atoms with E-state index in [0.717, 1.165) is 55.8 Å². The van der Waals surface area contributed by atoms with Crippen LogP contribution in [0.5, 0.6) is 0 Å². The van der Waals surface area contributed by atoms with E-state index in [2.05, 4.69) is 9.88 Å². The Morgan fingerprint density at radius 3 is 2.81 bits per heavy atom. The summed E-state index contributed by atoms with van der Waals surface area (Å²) in [5, 5.41) is 9.97. The molecule has 1 aromatic carbocycles. The average molecular weight is 436 g/mol. The van der Waals surface area contributed by atoms with Gasteiger partial charge in [-0.05, 0) is 36.8 Å². The zero-order valence-corrected chi connectivity index (χ0v) is 17.5. The number of carboxylic acids is 1. The molecule has 2 saturated heterocycles. The molecule has 0 atom stereocenters. The second-order valence-electron chi connectivity index (χ2n) is 8.41. The van der Waals surface area contributed by atoms with Gasteiger partial charge in [-0.15, -0.1) is 11.3 Å². The fourth-order valence-electron chi connectivity index (χ4n) is 4.95. The minimum Gasteiger partial charge on any atom is -0.477 e. The molecule has 8 nitrogen and oxygen atoms in total. The molecule has 0 bridgehead atoms. The summed E-state index contributed by atoms with van der Waals surface area (Å²) >= 11 is 1.30. The van der Waals surface area contributed by atoms with Crippen LogP contribution in [0.4, 0.5) is 5.95 Å². The highest BCUT2D eigenvalue weighted by molar-refractivity contribution is 7.24. The van der Waals surface area contributed by atoms with Crippen LogP contribution in [-0.4, -0.2) is 51.7 Å². The van der Waals surface area contributed by atoms with Crippen LogP contribution in [0.1, 0.15) is 29.6 Å². The van der Waals surface area contributed by atoms with Crippen LogP contribution in [0.25, 0.3) is 26.1 Å². The van der Waals surface area contributed by atoms with Gasteiger partial charge in [-0.25, -0.2) is 9.78 Å². The van der Waals surface area contributed by atoms with Crippen LogP contribution >= 0.6 is 11.3 Å². The topological polar surface area (TPSA) is 97.0 Å². The van der Waals surface area contributed by atoms with Crippen LogP contribution in [0.2, 0.25) is 0 Å². The van der Waals surface area contributed by atoms with Crippen LogP contribution < -0.4 is 10.3 Å². The van der Waals surface area contributed by atoms with Gasteiger partial charge in [0.25, 0.3) is 0 Å². The third-order valence-corrected chi connectivity index (χ3v) is 7.80. The Hall–Kier alpha value is -3.04. The van der Waals surface area contributed by atoms with Gasteiger partial charge in [-0.1, -0.05) is 12.1 Å². The Morgan fingerprint density at radius 1 is 1.19 bits per heavy atom. The van der Waals surface area contributed by atoms with Crippen LogP contribution in [0.3, 0.4) is 0 Å². The lowest BCUT2D eigenvalue weighted by Gasteiger charge is -2.33. The number of anilines is 1. The molecule has 0 saturated carbocycles. The van der Waals surface area contributed by atoms with Crippen molar-refractivity contribution in [3.63, 3.8) is 0 Å². The fourth-order valence-corrected chi connectivity index (χ4v) is 6.12. The average Bonchev–Trinajstić information content (AvgIpc) is 3.35. The van der Waals surface area contributed by atoms with E-state index < -0.39 is 11.4 Å². The zero-order chi connectivity index (χ0) is 21.2. The summed E-state index contributed by atoms with van der Waals surface area (Å²) in [6, 6.07) is 7.64. The summed E-state index contributed by atoms with van der Waals surface area (Å²) in [5.74, 6) is -0.650. The lowest BCUT2D eigenvalue weighted by molar-refractivity contribution is 0.0254. The summed E-state index contributed by atoms with van der Waals surface area (Å²) in [4.78, 5) is 36.8. The quantitative estimate of drug-likeness (QED) is 0.515. The number of hydrogen-bond acceptors (Lipinski definition) is 7. The molecule has 1 N–H and O–H groups in total. The number of pyridine rings is 1. The number of thiazole rings is 1. The highest BCUT2D eigenvalue weighted by Gasteiger charge is 2.40. The Morgan fingerprint density at radius 2 is 2.00 bits per heavy atom. The summed E-state index contributed by atoms with van der Waals surface area (Å²) in [6.45, 7) is 3.32. The molecule has 2 fully saturated rings. The predicted molar refractivity (Wildman–Crippen MR) is 118 cm³/mol. The van der Waals surface area contributed by atoms with E-state index in [0.29, 0.717) is 16.4 Å². The van der Waals surface area contributed by atoms with Crippen molar-refractivity contribution in [2.24, 2.45) is 5.41 Å². The normalized spacial score (nSPS) is 18.5. The predicted octanol–water partition coefficient (Wildman–Crippen LogP) is 3.16. The molecule has 3 aromatic heterocycles. The number of carbonyl (C=O) groups is 1. The van der Waals surface area contributed by atoms with Crippen molar-refractivity contribution in [1.82, 2.24) is 14.4 Å². The van der Waals surface area contributed by atoms with E-state index in [9.17, 15) is 14.7 Å². The van der Waals surface area contributed by atoms with Gasteiger partial charge in [-0.2, -0.15) is 4.98 Å². The summed E-state index contributed by atoms with van der Waals surface area (Å²) < 4.78 is 8.24. The first-order valence-corrected chi connectivity index (χ1v) is 11.2. The molecule has 9 heteroatoms. The monoisotopic (exact) mass is 436 g/mol. The summed E-state index contributed by atoms with van der Waals surface area (Å²) in [7, 11) is 0. The molecule has 6 rings (SSSR count). The molecule has 0 radical (unpaired) electrons. The number of ether oxygens (including phenoxy) is 1. The number of para-hydroxylation sites is 1. The molecular formula is C22H20N4O4S. The Bertz CT molecular complexity index is 1420. The molecule has 2 aliphatic heterocycles. The number of aromatic nitrogens is 3. The number of carboxylic acid groups (broad SMARTS) is 1. The van der Waals surface area contributed by atoms with Gasteiger partial charge in [0, 0.05) is 32.5 Å². The third kappa shape index (κ3) is 2.76. The van der Waals surface area contributed by atoms with Crippen molar-refractivity contribution in [1.29, 1.82) is 0 Å². The fraction of sp³-hybridized carbons (Fsp3) is 0.364. The second-order valence-corrected chi connectivity index (χ2v) is 9.44. The molecule has 0 unspecified atom stereocenters. The largest absolute Gasteiger partial charge is 0.477 e. The van der Waals surface area contributed by atoms with Crippen molar-refractivity contribution in [3.8, 4) is 0 Å².